The summed E-state index contributed by atoms with van der Waals surface area (Å²) < 4.78 is 10.3. The van der Waals surface area contributed by atoms with Crippen LogP contribution in [0.2, 0.25) is 0 Å². The molecule has 1 heterocycles. The molecule has 0 unspecified atom stereocenters. The molecule has 0 aliphatic carbocycles. The third-order valence-corrected chi connectivity index (χ3v) is 2.95. The molecule has 0 radical (unpaired) electrons. The number of aromatic hydroxyl groups is 1. The normalized spacial score (nSPS) is 35.1. The number of rotatable bonds is 3. The maximum atomic E-state index is 9.85. The van der Waals surface area contributed by atoms with E-state index in [1.807, 2.05) is 0 Å². The van der Waals surface area contributed by atoms with Gasteiger partial charge in [-0.2, -0.15) is 0 Å². The van der Waals surface area contributed by atoms with E-state index in [0.29, 0.717) is 5.75 Å². The van der Waals surface area contributed by atoms with Crippen molar-refractivity contribution in [1.82, 2.24) is 0 Å². The summed E-state index contributed by atoms with van der Waals surface area (Å²) >= 11 is 0. The molecule has 19 heavy (non-hydrogen) atoms. The molecule has 1 aromatic carbocycles. The lowest BCUT2D eigenvalue weighted by molar-refractivity contribution is -0.280. The fourth-order valence-electron chi connectivity index (χ4n) is 1.88. The molecule has 0 saturated carbocycles. The van der Waals surface area contributed by atoms with Gasteiger partial charge < -0.3 is 35.0 Å². The Morgan fingerprint density at radius 1 is 1.05 bits per heavy atom. The first-order valence-corrected chi connectivity index (χ1v) is 5.79. The van der Waals surface area contributed by atoms with Crippen LogP contribution < -0.4 is 4.74 Å². The van der Waals surface area contributed by atoms with E-state index in [1.54, 1.807) is 0 Å². The zero-order chi connectivity index (χ0) is 14.0. The van der Waals surface area contributed by atoms with Crippen molar-refractivity contribution in [2.75, 3.05) is 6.61 Å². The smallest absolute Gasteiger partial charge is 0.195 e. The minimum Gasteiger partial charge on any atom is -0.508 e. The minimum absolute atomic E-state index is 0.0497. The molecule has 7 nitrogen and oxygen atoms in total. The van der Waals surface area contributed by atoms with Gasteiger partial charge in [-0.1, -0.05) is 0 Å². The first-order chi connectivity index (χ1) is 9.02. The number of aliphatic hydroxyl groups is 4. The molecular formula is C12H16O7. The van der Waals surface area contributed by atoms with Crippen molar-refractivity contribution in [3.05, 3.63) is 24.3 Å². The van der Waals surface area contributed by atoms with E-state index in [1.165, 1.54) is 24.3 Å². The SMILES string of the molecule is OC[C@H]1O[C@H](O)[C@@H](Oc2ccc(O)cc2)[C@@H](O)[C@@H]1O. The lowest BCUT2D eigenvalue weighted by Crippen LogP contribution is -2.60. The average Bonchev–Trinajstić information content (AvgIpc) is 2.41. The van der Waals surface area contributed by atoms with Gasteiger partial charge in [0.05, 0.1) is 6.61 Å². The molecule has 0 spiro atoms. The summed E-state index contributed by atoms with van der Waals surface area (Å²) in [5, 5.41) is 47.3. The number of phenolic OH excluding ortho intramolecular Hbond substituents is 1. The lowest BCUT2D eigenvalue weighted by Gasteiger charge is -2.39. The zero-order valence-corrected chi connectivity index (χ0v) is 9.96. The molecule has 0 amide bonds. The standard InChI is InChI=1S/C12H16O7/c13-5-8-9(15)10(16)11(12(17)19-8)18-7-3-1-6(14)2-4-7/h1-4,8-17H,5H2/t8-,9-,10+,11+,12+/m1/s1. The van der Waals surface area contributed by atoms with Crippen molar-refractivity contribution >= 4 is 0 Å². The highest BCUT2D eigenvalue weighted by molar-refractivity contribution is 5.30. The van der Waals surface area contributed by atoms with Crippen LogP contribution in [0.4, 0.5) is 0 Å². The van der Waals surface area contributed by atoms with Crippen LogP contribution in [0.1, 0.15) is 0 Å². The van der Waals surface area contributed by atoms with Crippen molar-refractivity contribution in [2.24, 2.45) is 0 Å². The van der Waals surface area contributed by atoms with E-state index in [-0.39, 0.29) is 5.75 Å². The molecule has 2 rings (SSSR count). The Morgan fingerprint density at radius 3 is 2.26 bits per heavy atom. The Bertz CT molecular complexity index is 407. The van der Waals surface area contributed by atoms with Crippen molar-refractivity contribution < 1.29 is 35.0 Å². The number of ether oxygens (including phenoxy) is 2. The van der Waals surface area contributed by atoms with Crippen LogP contribution in [-0.2, 0) is 4.74 Å². The van der Waals surface area contributed by atoms with Gasteiger partial charge in [0, 0.05) is 0 Å². The second kappa shape index (κ2) is 5.72. The monoisotopic (exact) mass is 272 g/mol. The van der Waals surface area contributed by atoms with E-state index in [2.05, 4.69) is 0 Å². The number of hydrogen-bond donors (Lipinski definition) is 5. The molecule has 1 aromatic rings. The molecule has 1 aliphatic rings. The predicted molar refractivity (Wildman–Crippen MR) is 62.5 cm³/mol. The molecule has 106 valence electrons. The molecule has 1 aliphatic heterocycles. The van der Waals surface area contributed by atoms with Crippen molar-refractivity contribution in [3.8, 4) is 11.5 Å². The quantitative estimate of drug-likeness (QED) is 0.457. The Hall–Kier alpha value is -1.38. The summed E-state index contributed by atoms with van der Waals surface area (Å²) in [5.41, 5.74) is 0. The van der Waals surface area contributed by atoms with Gasteiger partial charge in [0.25, 0.3) is 0 Å². The van der Waals surface area contributed by atoms with Gasteiger partial charge in [-0.15, -0.1) is 0 Å². The molecule has 1 fully saturated rings. The van der Waals surface area contributed by atoms with E-state index in [9.17, 15) is 15.3 Å². The fourth-order valence-corrected chi connectivity index (χ4v) is 1.88. The fraction of sp³-hybridized carbons (Fsp3) is 0.500. The summed E-state index contributed by atoms with van der Waals surface area (Å²) in [6.07, 6.45) is -6.51. The summed E-state index contributed by atoms with van der Waals surface area (Å²) in [5.74, 6) is 0.341. The van der Waals surface area contributed by atoms with Crippen LogP contribution in [0.15, 0.2) is 24.3 Å². The van der Waals surface area contributed by atoms with Crippen molar-refractivity contribution in [3.63, 3.8) is 0 Å². The molecule has 5 N–H and O–H groups in total. The second-order valence-electron chi connectivity index (χ2n) is 4.31. The zero-order valence-electron chi connectivity index (χ0n) is 9.96. The molecule has 0 aromatic heterocycles. The molecule has 1 saturated heterocycles. The van der Waals surface area contributed by atoms with Crippen molar-refractivity contribution in [1.29, 1.82) is 0 Å². The highest BCUT2D eigenvalue weighted by atomic mass is 16.7. The maximum Gasteiger partial charge on any atom is 0.195 e. The topological polar surface area (TPSA) is 120 Å². The van der Waals surface area contributed by atoms with Crippen molar-refractivity contribution in [2.45, 2.75) is 30.7 Å². The number of hydrogen-bond acceptors (Lipinski definition) is 7. The highest BCUT2D eigenvalue weighted by Gasteiger charge is 2.45. The van der Waals surface area contributed by atoms with E-state index in [0.717, 1.165) is 0 Å². The van der Waals surface area contributed by atoms with Crippen LogP contribution >= 0.6 is 0 Å². The number of phenols is 1. The Morgan fingerprint density at radius 2 is 1.68 bits per heavy atom. The van der Waals surface area contributed by atoms with Crippen LogP contribution in [-0.4, -0.2) is 62.8 Å². The number of benzene rings is 1. The van der Waals surface area contributed by atoms with Gasteiger partial charge in [-0.25, -0.2) is 0 Å². The van der Waals surface area contributed by atoms with E-state index < -0.39 is 37.3 Å². The maximum absolute atomic E-state index is 9.85. The summed E-state index contributed by atoms with van der Waals surface area (Å²) in [6.45, 7) is -0.527. The van der Waals surface area contributed by atoms with Gasteiger partial charge >= 0.3 is 0 Å². The number of aliphatic hydroxyl groups excluding tert-OH is 4. The largest absolute Gasteiger partial charge is 0.508 e. The van der Waals surface area contributed by atoms with Gasteiger partial charge in [-0.3, -0.25) is 0 Å². The lowest BCUT2D eigenvalue weighted by atomic mass is 9.99. The molecule has 7 heteroatoms. The third-order valence-electron chi connectivity index (χ3n) is 2.95. The Balaban J connectivity index is 2.09. The first kappa shape index (κ1) is 14.0. The van der Waals surface area contributed by atoms with Crippen LogP contribution in [0.25, 0.3) is 0 Å². The molecule has 0 bridgehead atoms. The van der Waals surface area contributed by atoms with E-state index >= 15 is 0 Å². The second-order valence-corrected chi connectivity index (χ2v) is 4.31. The summed E-state index contributed by atoms with van der Waals surface area (Å²) in [7, 11) is 0. The highest BCUT2D eigenvalue weighted by Crippen LogP contribution is 2.25. The van der Waals surface area contributed by atoms with Gasteiger partial charge in [0.15, 0.2) is 12.4 Å². The van der Waals surface area contributed by atoms with Crippen LogP contribution in [0.3, 0.4) is 0 Å². The molecular weight excluding hydrogens is 256 g/mol. The minimum atomic E-state index is -1.48. The summed E-state index contributed by atoms with van der Waals surface area (Å²) in [6, 6.07) is 5.65. The van der Waals surface area contributed by atoms with Crippen LogP contribution in [0, 0.1) is 0 Å². The van der Waals surface area contributed by atoms with Gasteiger partial charge in [-0.05, 0) is 24.3 Å². The predicted octanol–water partition coefficient (Wildman–Crippen LogP) is -1.43. The average molecular weight is 272 g/mol. The first-order valence-electron chi connectivity index (χ1n) is 5.79. The van der Waals surface area contributed by atoms with Gasteiger partial charge in [0.2, 0.25) is 0 Å². The Kier molecular flexibility index (Phi) is 4.23. The van der Waals surface area contributed by atoms with E-state index in [4.69, 9.17) is 19.7 Å². The Labute approximate surface area is 109 Å². The van der Waals surface area contributed by atoms with Gasteiger partial charge in [0.1, 0.15) is 29.8 Å². The molecule has 5 atom stereocenters. The summed E-state index contributed by atoms with van der Waals surface area (Å²) in [4.78, 5) is 0. The third kappa shape index (κ3) is 2.96. The van der Waals surface area contributed by atoms with Crippen LogP contribution in [0.5, 0.6) is 11.5 Å².